The molecule has 0 aliphatic carbocycles. The van der Waals surface area contributed by atoms with Gasteiger partial charge in [-0.25, -0.2) is 4.42 Å². The number of rotatable bonds is 2. The molecule has 0 aliphatic heterocycles. The second-order valence-corrected chi connectivity index (χ2v) is 4.29. The molecule has 0 unspecified atom stereocenters. The van der Waals surface area contributed by atoms with Crippen molar-refractivity contribution in [2.24, 2.45) is 0 Å². The van der Waals surface area contributed by atoms with Crippen LogP contribution in [0.25, 0.3) is 11.1 Å². The Labute approximate surface area is 120 Å². The smallest absolute Gasteiger partial charge is 0.497 e. The summed E-state index contributed by atoms with van der Waals surface area (Å²) in [6.07, 6.45) is 0. The van der Waals surface area contributed by atoms with Gasteiger partial charge in [-0.2, -0.15) is 0 Å². The third-order valence-electron chi connectivity index (χ3n) is 2.46. The van der Waals surface area contributed by atoms with Gasteiger partial charge in [0.1, 0.15) is 5.75 Å². The van der Waals surface area contributed by atoms with Gasteiger partial charge in [0.2, 0.25) is 0 Å². The highest BCUT2D eigenvalue weighted by molar-refractivity contribution is 6.50. The quantitative estimate of drug-likeness (QED) is 0.434. The maximum Gasteiger partial charge on any atom is 0.673 e. The van der Waals surface area contributed by atoms with Crippen molar-refractivity contribution in [2.75, 3.05) is 7.11 Å². The van der Waals surface area contributed by atoms with Gasteiger partial charge in [-0.3, -0.25) is 0 Å². The van der Waals surface area contributed by atoms with E-state index in [2.05, 4.69) is 0 Å². The van der Waals surface area contributed by atoms with Crippen LogP contribution >= 0.6 is 0 Å². The molecule has 0 bridgehead atoms. The van der Waals surface area contributed by atoms with Gasteiger partial charge < -0.3 is 22.0 Å². The van der Waals surface area contributed by atoms with E-state index in [9.17, 15) is 17.3 Å². The van der Waals surface area contributed by atoms with Crippen LogP contribution in [-0.4, -0.2) is 14.4 Å². The van der Waals surface area contributed by atoms with Gasteiger partial charge in [-0.1, -0.05) is 12.1 Å². The molecule has 0 saturated carbocycles. The molecule has 0 N–H and O–H groups in total. The van der Waals surface area contributed by atoms with Gasteiger partial charge in [0.15, 0.2) is 0 Å². The fraction of sp³-hybridized carbons (Fsp3) is 0.214. The predicted molar refractivity (Wildman–Crippen MR) is 74.8 cm³/mol. The highest BCUT2D eigenvalue weighted by Gasteiger charge is 2.20. The average Bonchev–Trinajstić information content (AvgIpc) is 2.36. The van der Waals surface area contributed by atoms with E-state index >= 15 is 0 Å². The summed E-state index contributed by atoms with van der Waals surface area (Å²) in [6, 6.07) is 12.1. The number of halogens is 4. The second kappa shape index (κ2) is 7.10. The summed E-state index contributed by atoms with van der Waals surface area (Å²) in [6.45, 7) is 3.92. The molecule has 0 fully saturated rings. The van der Waals surface area contributed by atoms with Crippen LogP contribution in [-0.2, 0) is 0 Å². The summed E-state index contributed by atoms with van der Waals surface area (Å²) in [5, 5.41) is 0. The van der Waals surface area contributed by atoms with Gasteiger partial charge in [0, 0.05) is 12.1 Å². The summed E-state index contributed by atoms with van der Waals surface area (Å²) in [4.78, 5) is 0. The molecule has 1 aromatic carbocycles. The first-order valence-corrected chi connectivity index (χ1v) is 6.12. The maximum absolute atomic E-state index is 9.75. The molecule has 0 radical (unpaired) electrons. The Morgan fingerprint density at radius 2 is 1.29 bits per heavy atom. The molecular formula is C14H15BF4O2. The Morgan fingerprint density at radius 3 is 1.67 bits per heavy atom. The summed E-state index contributed by atoms with van der Waals surface area (Å²) in [7, 11) is -4.33. The second-order valence-electron chi connectivity index (χ2n) is 4.29. The normalized spacial score (nSPS) is 10.6. The largest absolute Gasteiger partial charge is 0.673 e. The van der Waals surface area contributed by atoms with Gasteiger partial charge in [-0.05, 0) is 23.3 Å². The fourth-order valence-corrected chi connectivity index (χ4v) is 1.74. The molecule has 0 atom stereocenters. The van der Waals surface area contributed by atoms with Crippen LogP contribution in [0.3, 0.4) is 0 Å². The fourth-order valence-electron chi connectivity index (χ4n) is 1.74. The number of ether oxygens (including phenoxy) is 1. The highest BCUT2D eigenvalue weighted by Crippen LogP contribution is 2.24. The van der Waals surface area contributed by atoms with Crippen molar-refractivity contribution in [3.8, 4) is 16.9 Å². The van der Waals surface area contributed by atoms with E-state index in [4.69, 9.17) is 9.15 Å². The van der Waals surface area contributed by atoms with E-state index in [0.717, 1.165) is 17.3 Å². The average molecular weight is 302 g/mol. The Balaban J connectivity index is 0.000000383. The number of hydrogen-bond donors (Lipinski definition) is 0. The predicted octanol–water partition coefficient (Wildman–Crippen LogP) is 5.15. The van der Waals surface area contributed by atoms with Crippen LogP contribution in [0.5, 0.6) is 5.75 Å². The molecule has 2 aromatic rings. The van der Waals surface area contributed by atoms with Crippen LogP contribution in [0, 0.1) is 13.8 Å². The van der Waals surface area contributed by atoms with Crippen molar-refractivity contribution in [1.29, 1.82) is 0 Å². The number of hydrogen-bond acceptors (Lipinski definition) is 1. The van der Waals surface area contributed by atoms with E-state index in [1.807, 2.05) is 50.2 Å². The van der Waals surface area contributed by atoms with Crippen molar-refractivity contribution in [3.63, 3.8) is 0 Å². The molecule has 2 nitrogen and oxygen atoms in total. The Kier molecular flexibility index (Phi) is 5.75. The van der Waals surface area contributed by atoms with Gasteiger partial charge in [0.25, 0.3) is 0 Å². The first kappa shape index (κ1) is 17.0. The van der Waals surface area contributed by atoms with E-state index in [0.29, 0.717) is 0 Å². The maximum atomic E-state index is 9.75. The highest BCUT2D eigenvalue weighted by atomic mass is 19.5. The minimum Gasteiger partial charge on any atom is -0.497 e. The van der Waals surface area contributed by atoms with Crippen molar-refractivity contribution in [2.45, 2.75) is 13.8 Å². The van der Waals surface area contributed by atoms with E-state index in [1.165, 1.54) is 11.1 Å². The monoisotopic (exact) mass is 302 g/mol. The third-order valence-corrected chi connectivity index (χ3v) is 2.46. The molecular weight excluding hydrogens is 287 g/mol. The molecule has 7 heteroatoms. The first-order valence-electron chi connectivity index (χ1n) is 6.12. The molecule has 0 spiro atoms. The minimum atomic E-state index is -6.00. The summed E-state index contributed by atoms with van der Waals surface area (Å²) in [5.41, 5.74) is 2.34. The number of benzene rings is 1. The van der Waals surface area contributed by atoms with Crippen LogP contribution in [0.2, 0.25) is 0 Å². The number of methoxy groups -OCH3 is 1. The molecule has 1 heterocycles. The zero-order valence-corrected chi connectivity index (χ0v) is 11.9. The summed E-state index contributed by atoms with van der Waals surface area (Å²) >= 11 is 0. The molecule has 0 amide bonds. The van der Waals surface area contributed by atoms with Crippen molar-refractivity contribution in [1.82, 2.24) is 0 Å². The SMILES string of the molecule is COc1ccc(-c2cc(C)[o+]c(C)c2)cc1.F[B-](F)(F)F. The lowest BCUT2D eigenvalue weighted by Gasteiger charge is -2.02. The van der Waals surface area contributed by atoms with Gasteiger partial charge >= 0.3 is 18.8 Å². The van der Waals surface area contributed by atoms with Crippen molar-refractivity contribution >= 4 is 7.25 Å². The molecule has 0 aliphatic rings. The van der Waals surface area contributed by atoms with Crippen molar-refractivity contribution < 1.29 is 26.4 Å². The van der Waals surface area contributed by atoms with Crippen LogP contribution in [0.4, 0.5) is 17.3 Å². The van der Waals surface area contributed by atoms with Crippen molar-refractivity contribution in [3.05, 3.63) is 47.9 Å². The summed E-state index contributed by atoms with van der Waals surface area (Å²) in [5.74, 6) is 2.72. The minimum absolute atomic E-state index is 0.873. The first-order chi connectivity index (χ1) is 9.69. The molecule has 0 saturated heterocycles. The standard InChI is InChI=1S/C14H15O2.BF4/c1-10-8-13(9-11(2)16-10)12-4-6-14(15-3)7-5-12;2-1(3,4)5/h4-9H,1-3H3;/q+1;-1. The van der Waals surface area contributed by atoms with Crippen LogP contribution in [0.15, 0.2) is 40.8 Å². The van der Waals surface area contributed by atoms with E-state index in [1.54, 1.807) is 7.11 Å². The molecule has 2 rings (SSSR count). The van der Waals surface area contributed by atoms with E-state index in [-0.39, 0.29) is 0 Å². The lowest BCUT2D eigenvalue weighted by Crippen LogP contribution is -2.02. The lowest BCUT2D eigenvalue weighted by atomic mass is 10.1. The van der Waals surface area contributed by atoms with Crippen LogP contribution < -0.4 is 4.74 Å². The zero-order valence-electron chi connectivity index (χ0n) is 11.9. The van der Waals surface area contributed by atoms with Gasteiger partial charge in [-0.15, -0.1) is 0 Å². The molecule has 21 heavy (non-hydrogen) atoms. The topological polar surface area (TPSA) is 20.5 Å². The summed E-state index contributed by atoms with van der Waals surface area (Å²) < 4.78 is 49.6. The Morgan fingerprint density at radius 1 is 0.857 bits per heavy atom. The van der Waals surface area contributed by atoms with E-state index < -0.39 is 7.25 Å². The lowest BCUT2D eigenvalue weighted by molar-refractivity contribution is 0.368. The van der Waals surface area contributed by atoms with Crippen LogP contribution in [0.1, 0.15) is 11.5 Å². The zero-order chi connectivity index (χ0) is 16.0. The molecule has 1 aromatic heterocycles. The molecule has 114 valence electrons. The Bertz CT molecular complexity index is 556. The van der Waals surface area contributed by atoms with Gasteiger partial charge in [0.05, 0.1) is 21.0 Å². The Hall–Kier alpha value is -2.05. The number of aryl methyl sites for hydroxylation is 2. The third kappa shape index (κ3) is 6.78.